The van der Waals surface area contributed by atoms with Crippen molar-refractivity contribution in [1.82, 2.24) is 9.88 Å². The zero-order valence-corrected chi connectivity index (χ0v) is 15.4. The standard InChI is InChI=1S/C17H26N2O4S/c1-17(2,3)23-16(21)19-9-5-4-6-13(19)7-10-22-12-14(20)15-18-8-11-24-15/h8,11,13H,4-7,9-10,12H2,1-3H3/t13-/m0/s1. The highest BCUT2D eigenvalue weighted by atomic mass is 32.1. The molecule has 1 amide bonds. The Kier molecular flexibility index (Phi) is 6.74. The first kappa shape index (κ1) is 18.9. The third kappa shape index (κ3) is 5.87. The number of rotatable bonds is 6. The van der Waals surface area contributed by atoms with Gasteiger partial charge in [0.15, 0.2) is 5.01 Å². The summed E-state index contributed by atoms with van der Waals surface area (Å²) < 4.78 is 11.0. The molecule has 0 bridgehead atoms. The molecule has 0 spiro atoms. The maximum atomic E-state index is 12.3. The Bertz CT molecular complexity index is 539. The van der Waals surface area contributed by atoms with Gasteiger partial charge in [0, 0.05) is 30.8 Å². The highest BCUT2D eigenvalue weighted by molar-refractivity contribution is 7.11. The predicted octanol–water partition coefficient (Wildman–Crippen LogP) is 3.52. The second kappa shape index (κ2) is 8.58. The zero-order chi connectivity index (χ0) is 17.6. The van der Waals surface area contributed by atoms with Crippen LogP contribution in [0.1, 0.15) is 56.3 Å². The zero-order valence-electron chi connectivity index (χ0n) is 14.6. The van der Waals surface area contributed by atoms with Crippen molar-refractivity contribution in [1.29, 1.82) is 0 Å². The molecule has 134 valence electrons. The van der Waals surface area contributed by atoms with Crippen LogP contribution in [-0.2, 0) is 9.47 Å². The summed E-state index contributed by atoms with van der Waals surface area (Å²) in [5.74, 6) is -0.0994. The molecule has 2 rings (SSSR count). The van der Waals surface area contributed by atoms with Crippen molar-refractivity contribution < 1.29 is 19.1 Å². The van der Waals surface area contributed by atoms with Gasteiger partial charge in [-0.15, -0.1) is 11.3 Å². The van der Waals surface area contributed by atoms with Gasteiger partial charge in [0.2, 0.25) is 5.78 Å². The van der Waals surface area contributed by atoms with E-state index in [2.05, 4.69) is 4.98 Å². The van der Waals surface area contributed by atoms with Crippen LogP contribution >= 0.6 is 11.3 Å². The molecule has 1 aromatic heterocycles. The first-order valence-electron chi connectivity index (χ1n) is 8.37. The van der Waals surface area contributed by atoms with Crippen LogP contribution < -0.4 is 0 Å². The molecule has 1 saturated heterocycles. The molecular formula is C17H26N2O4S. The maximum absolute atomic E-state index is 12.3. The largest absolute Gasteiger partial charge is 0.444 e. The molecule has 0 aliphatic carbocycles. The Morgan fingerprint density at radius 2 is 2.17 bits per heavy atom. The van der Waals surface area contributed by atoms with Crippen molar-refractivity contribution in [2.24, 2.45) is 0 Å². The topological polar surface area (TPSA) is 68.7 Å². The second-order valence-electron chi connectivity index (χ2n) is 6.93. The first-order chi connectivity index (χ1) is 11.4. The van der Waals surface area contributed by atoms with Crippen molar-refractivity contribution in [3.63, 3.8) is 0 Å². The Morgan fingerprint density at radius 1 is 1.38 bits per heavy atom. The summed E-state index contributed by atoms with van der Waals surface area (Å²) in [5, 5.41) is 2.25. The van der Waals surface area contributed by atoms with Gasteiger partial charge >= 0.3 is 6.09 Å². The van der Waals surface area contributed by atoms with Gasteiger partial charge in [-0.05, 0) is 46.5 Å². The van der Waals surface area contributed by atoms with E-state index in [9.17, 15) is 9.59 Å². The minimum Gasteiger partial charge on any atom is -0.444 e. The predicted molar refractivity (Wildman–Crippen MR) is 92.5 cm³/mol. The van der Waals surface area contributed by atoms with Gasteiger partial charge in [-0.25, -0.2) is 9.78 Å². The molecule has 0 saturated carbocycles. The number of piperidine rings is 1. The fraction of sp³-hybridized carbons (Fsp3) is 0.706. The number of hydrogen-bond acceptors (Lipinski definition) is 6. The Morgan fingerprint density at radius 3 is 2.83 bits per heavy atom. The fourth-order valence-corrected chi connectivity index (χ4v) is 3.23. The number of Topliss-reactive ketones (excluding diaryl/α,β-unsaturated/α-hetero) is 1. The molecule has 6 nitrogen and oxygen atoms in total. The third-order valence-corrected chi connectivity index (χ3v) is 4.57. The van der Waals surface area contributed by atoms with E-state index in [1.54, 1.807) is 16.5 Å². The van der Waals surface area contributed by atoms with Crippen LogP contribution in [0.15, 0.2) is 11.6 Å². The minimum absolute atomic E-state index is 0.0344. The molecule has 1 aliphatic heterocycles. The molecule has 1 aliphatic rings. The molecule has 1 atom stereocenters. The summed E-state index contributed by atoms with van der Waals surface area (Å²) in [6.45, 7) is 6.82. The van der Waals surface area contributed by atoms with Gasteiger partial charge in [0.05, 0.1) is 0 Å². The smallest absolute Gasteiger partial charge is 0.410 e. The van der Waals surface area contributed by atoms with Crippen LogP contribution in [0.2, 0.25) is 0 Å². The van der Waals surface area contributed by atoms with Crippen LogP contribution in [0.3, 0.4) is 0 Å². The molecule has 7 heteroatoms. The molecule has 0 N–H and O–H groups in total. The molecule has 0 unspecified atom stereocenters. The van der Waals surface area contributed by atoms with E-state index in [0.29, 0.717) is 18.0 Å². The van der Waals surface area contributed by atoms with Crippen molar-refractivity contribution in [2.45, 2.75) is 58.1 Å². The Hall–Kier alpha value is -1.47. The van der Waals surface area contributed by atoms with E-state index in [1.165, 1.54) is 11.3 Å². The van der Waals surface area contributed by atoms with E-state index in [1.807, 2.05) is 20.8 Å². The quantitative estimate of drug-likeness (QED) is 0.577. The van der Waals surface area contributed by atoms with E-state index < -0.39 is 5.60 Å². The molecule has 1 fully saturated rings. The second-order valence-corrected chi connectivity index (χ2v) is 7.82. The van der Waals surface area contributed by atoms with Crippen molar-refractivity contribution in [3.8, 4) is 0 Å². The number of thiazole rings is 1. The number of ketones is 1. The van der Waals surface area contributed by atoms with E-state index >= 15 is 0 Å². The lowest BCUT2D eigenvalue weighted by molar-refractivity contribution is 0.00457. The molecule has 1 aromatic rings. The lowest BCUT2D eigenvalue weighted by Gasteiger charge is -2.36. The minimum atomic E-state index is -0.490. The lowest BCUT2D eigenvalue weighted by atomic mass is 10.0. The number of likely N-dealkylation sites (tertiary alicyclic amines) is 1. The SMILES string of the molecule is CC(C)(C)OC(=O)N1CCCC[C@H]1CCOCC(=O)c1nccs1. The van der Waals surface area contributed by atoms with Gasteiger partial charge in [-0.2, -0.15) is 0 Å². The van der Waals surface area contributed by atoms with Gasteiger partial charge in [0.1, 0.15) is 12.2 Å². The van der Waals surface area contributed by atoms with Crippen LogP contribution in [0.25, 0.3) is 0 Å². The van der Waals surface area contributed by atoms with E-state index in [0.717, 1.165) is 25.8 Å². The number of carbonyl (C=O) groups is 2. The van der Waals surface area contributed by atoms with Crippen molar-refractivity contribution >= 4 is 23.2 Å². The summed E-state index contributed by atoms with van der Waals surface area (Å²) in [6.07, 6.45) is 5.11. The van der Waals surface area contributed by atoms with Gasteiger partial charge < -0.3 is 14.4 Å². The number of aromatic nitrogens is 1. The summed E-state index contributed by atoms with van der Waals surface area (Å²) in [7, 11) is 0. The van der Waals surface area contributed by atoms with Gasteiger partial charge in [-0.1, -0.05) is 0 Å². The van der Waals surface area contributed by atoms with E-state index in [4.69, 9.17) is 9.47 Å². The number of hydrogen-bond donors (Lipinski definition) is 0. The van der Waals surface area contributed by atoms with Crippen LogP contribution in [0.5, 0.6) is 0 Å². The average Bonchev–Trinajstić information content (AvgIpc) is 3.04. The fourth-order valence-electron chi connectivity index (χ4n) is 2.67. The molecule has 0 radical (unpaired) electrons. The third-order valence-electron chi connectivity index (χ3n) is 3.75. The van der Waals surface area contributed by atoms with Crippen LogP contribution in [0.4, 0.5) is 4.79 Å². The lowest BCUT2D eigenvalue weighted by Crippen LogP contribution is -2.46. The first-order valence-corrected chi connectivity index (χ1v) is 9.25. The Balaban J connectivity index is 1.76. The van der Waals surface area contributed by atoms with Crippen molar-refractivity contribution in [3.05, 3.63) is 16.6 Å². The van der Waals surface area contributed by atoms with Gasteiger partial charge in [-0.3, -0.25) is 4.79 Å². The average molecular weight is 354 g/mol. The van der Waals surface area contributed by atoms with E-state index in [-0.39, 0.29) is 24.5 Å². The van der Waals surface area contributed by atoms with Crippen LogP contribution in [-0.4, -0.2) is 53.2 Å². The molecule has 0 aromatic carbocycles. The summed E-state index contributed by atoms with van der Waals surface area (Å²) in [4.78, 5) is 29.9. The Labute approximate surface area is 147 Å². The van der Waals surface area contributed by atoms with Crippen molar-refractivity contribution in [2.75, 3.05) is 19.8 Å². The van der Waals surface area contributed by atoms with Gasteiger partial charge in [0.25, 0.3) is 0 Å². The highest BCUT2D eigenvalue weighted by Crippen LogP contribution is 2.22. The number of ether oxygens (including phenoxy) is 2. The maximum Gasteiger partial charge on any atom is 0.410 e. The summed E-state index contributed by atoms with van der Waals surface area (Å²) in [6, 6.07) is 0.114. The molecular weight excluding hydrogens is 328 g/mol. The normalized spacial score (nSPS) is 18.5. The number of amides is 1. The monoisotopic (exact) mass is 354 g/mol. The number of nitrogens with zero attached hydrogens (tertiary/aromatic N) is 2. The summed E-state index contributed by atoms with van der Waals surface area (Å²) in [5.41, 5.74) is -0.490. The number of carbonyl (C=O) groups excluding carboxylic acids is 2. The molecule has 24 heavy (non-hydrogen) atoms. The molecule has 2 heterocycles. The summed E-state index contributed by atoms with van der Waals surface area (Å²) >= 11 is 1.32. The van der Waals surface area contributed by atoms with Crippen LogP contribution in [0, 0.1) is 0 Å². The highest BCUT2D eigenvalue weighted by Gasteiger charge is 2.30.